The summed E-state index contributed by atoms with van der Waals surface area (Å²) in [6.45, 7) is 0. The maximum Gasteiger partial charge on any atom is 0.336 e. The van der Waals surface area contributed by atoms with E-state index in [0.717, 1.165) is 0 Å². The summed E-state index contributed by atoms with van der Waals surface area (Å²) in [6, 6.07) is 16.9. The first kappa shape index (κ1) is 17.6. The zero-order valence-corrected chi connectivity index (χ0v) is 13.9. The highest BCUT2D eigenvalue weighted by Gasteiger charge is 2.12. The van der Waals surface area contributed by atoms with Gasteiger partial charge in [-0.05, 0) is 24.3 Å². The van der Waals surface area contributed by atoms with Gasteiger partial charge in [0, 0.05) is 10.9 Å². The SMILES string of the molecule is N#C/C(=N\Nc1ccc(-c2cc(C(=O)O)c3ccccc3n2)cc1)C(N)=O. The van der Waals surface area contributed by atoms with Crippen LogP contribution in [0.4, 0.5) is 5.69 Å². The molecule has 0 aliphatic heterocycles. The van der Waals surface area contributed by atoms with Crippen molar-refractivity contribution in [1.29, 1.82) is 5.26 Å². The van der Waals surface area contributed by atoms with Crippen molar-refractivity contribution in [3.63, 3.8) is 0 Å². The molecule has 132 valence electrons. The van der Waals surface area contributed by atoms with Crippen LogP contribution in [-0.2, 0) is 4.79 Å². The number of primary amides is 1. The first-order chi connectivity index (χ1) is 13.0. The van der Waals surface area contributed by atoms with Gasteiger partial charge in [-0.25, -0.2) is 9.78 Å². The highest BCUT2D eigenvalue weighted by molar-refractivity contribution is 6.44. The Morgan fingerprint density at radius 3 is 2.48 bits per heavy atom. The normalized spacial score (nSPS) is 11.0. The molecule has 0 fully saturated rings. The topological polar surface area (TPSA) is 141 Å². The fraction of sp³-hybridized carbons (Fsp3) is 0. The Bertz CT molecular complexity index is 1110. The third kappa shape index (κ3) is 3.72. The molecule has 3 aromatic rings. The highest BCUT2D eigenvalue weighted by Crippen LogP contribution is 2.26. The molecule has 1 aromatic heterocycles. The fourth-order valence-corrected chi connectivity index (χ4v) is 2.47. The molecule has 2 aromatic carbocycles. The minimum Gasteiger partial charge on any atom is -0.478 e. The minimum atomic E-state index is -1.03. The zero-order valence-electron chi connectivity index (χ0n) is 13.9. The second-order valence-electron chi connectivity index (χ2n) is 5.50. The Kier molecular flexibility index (Phi) is 4.77. The summed E-state index contributed by atoms with van der Waals surface area (Å²) in [5, 5.41) is 22.4. The monoisotopic (exact) mass is 359 g/mol. The van der Waals surface area contributed by atoms with Crippen LogP contribution < -0.4 is 11.2 Å². The number of hydrogen-bond donors (Lipinski definition) is 3. The zero-order chi connectivity index (χ0) is 19.4. The number of carbonyl (C=O) groups excluding carboxylic acids is 1. The summed E-state index contributed by atoms with van der Waals surface area (Å²) in [4.78, 5) is 27.0. The first-order valence-corrected chi connectivity index (χ1v) is 7.76. The lowest BCUT2D eigenvalue weighted by molar-refractivity contribution is -0.111. The number of carboxylic acids is 1. The molecule has 0 aliphatic rings. The van der Waals surface area contributed by atoms with E-state index in [1.165, 1.54) is 6.07 Å². The number of hydrazone groups is 1. The Morgan fingerprint density at radius 1 is 1.15 bits per heavy atom. The van der Waals surface area contributed by atoms with Crippen molar-refractivity contribution in [3.05, 3.63) is 60.2 Å². The smallest absolute Gasteiger partial charge is 0.336 e. The molecule has 1 amide bonds. The molecule has 0 unspecified atom stereocenters. The molecule has 3 rings (SSSR count). The van der Waals surface area contributed by atoms with Crippen LogP contribution in [-0.4, -0.2) is 27.7 Å². The van der Waals surface area contributed by atoms with Crippen LogP contribution in [0, 0.1) is 11.3 Å². The lowest BCUT2D eigenvalue weighted by Crippen LogP contribution is -2.22. The number of fused-ring (bicyclic) bond motifs is 1. The van der Waals surface area contributed by atoms with Crippen molar-refractivity contribution < 1.29 is 14.7 Å². The number of para-hydroxylation sites is 1. The predicted octanol–water partition coefficient (Wildman–Crippen LogP) is 2.38. The number of anilines is 1. The molecular formula is C19H13N5O3. The van der Waals surface area contributed by atoms with E-state index in [1.54, 1.807) is 54.6 Å². The standard InChI is InChI=1S/C19H13N5O3/c20-10-17(18(21)25)24-23-12-7-5-11(6-8-12)16-9-14(19(26)27)13-3-1-2-4-15(13)22-16/h1-9,23H,(H2,21,25)(H,26,27)/b24-17+. The van der Waals surface area contributed by atoms with Gasteiger partial charge >= 0.3 is 5.97 Å². The molecule has 0 spiro atoms. The molecule has 0 saturated heterocycles. The maximum atomic E-state index is 11.6. The molecule has 27 heavy (non-hydrogen) atoms. The summed E-state index contributed by atoms with van der Waals surface area (Å²) < 4.78 is 0. The number of nitrogens with zero attached hydrogens (tertiary/aromatic N) is 3. The van der Waals surface area contributed by atoms with E-state index in [0.29, 0.717) is 27.8 Å². The lowest BCUT2D eigenvalue weighted by Gasteiger charge is -2.08. The van der Waals surface area contributed by atoms with Crippen LogP contribution in [0.25, 0.3) is 22.2 Å². The Hall–Kier alpha value is -4.25. The number of nitrogens with two attached hydrogens (primary N) is 1. The summed E-state index contributed by atoms with van der Waals surface area (Å²) in [7, 11) is 0. The molecule has 8 nitrogen and oxygen atoms in total. The van der Waals surface area contributed by atoms with Crippen molar-refractivity contribution in [3.8, 4) is 17.3 Å². The van der Waals surface area contributed by atoms with Crippen LogP contribution in [0.2, 0.25) is 0 Å². The molecular weight excluding hydrogens is 346 g/mol. The van der Waals surface area contributed by atoms with Gasteiger partial charge in [0.1, 0.15) is 6.07 Å². The van der Waals surface area contributed by atoms with Crippen molar-refractivity contribution >= 4 is 34.2 Å². The van der Waals surface area contributed by atoms with Crippen molar-refractivity contribution in [1.82, 2.24) is 4.98 Å². The highest BCUT2D eigenvalue weighted by atomic mass is 16.4. The second-order valence-corrected chi connectivity index (χ2v) is 5.50. The van der Waals surface area contributed by atoms with Gasteiger partial charge in [0.05, 0.1) is 22.5 Å². The number of pyridine rings is 1. The molecule has 0 radical (unpaired) electrons. The van der Waals surface area contributed by atoms with Crippen molar-refractivity contribution in [2.45, 2.75) is 0 Å². The number of benzene rings is 2. The Balaban J connectivity index is 1.95. The average molecular weight is 359 g/mol. The summed E-state index contributed by atoms with van der Waals surface area (Å²) >= 11 is 0. The average Bonchev–Trinajstić information content (AvgIpc) is 2.67. The number of carbonyl (C=O) groups is 2. The molecule has 0 bridgehead atoms. The largest absolute Gasteiger partial charge is 0.478 e. The number of aromatic nitrogens is 1. The first-order valence-electron chi connectivity index (χ1n) is 7.76. The molecule has 8 heteroatoms. The number of aromatic carboxylic acids is 1. The van der Waals surface area contributed by atoms with Gasteiger partial charge in [0.25, 0.3) is 5.91 Å². The maximum absolute atomic E-state index is 11.6. The van der Waals surface area contributed by atoms with Gasteiger partial charge in [-0.1, -0.05) is 30.3 Å². The van der Waals surface area contributed by atoms with E-state index in [1.807, 2.05) is 0 Å². The molecule has 4 N–H and O–H groups in total. The minimum absolute atomic E-state index is 0.169. The molecule has 0 saturated carbocycles. The van der Waals surface area contributed by atoms with Crippen LogP contribution in [0.5, 0.6) is 0 Å². The van der Waals surface area contributed by atoms with E-state index in [9.17, 15) is 14.7 Å². The van der Waals surface area contributed by atoms with Gasteiger partial charge in [-0.2, -0.15) is 10.4 Å². The van der Waals surface area contributed by atoms with E-state index < -0.39 is 17.6 Å². The number of rotatable bonds is 5. The van der Waals surface area contributed by atoms with Gasteiger partial charge in [-0.15, -0.1) is 0 Å². The van der Waals surface area contributed by atoms with Crippen LogP contribution in [0.1, 0.15) is 10.4 Å². The lowest BCUT2D eigenvalue weighted by atomic mass is 10.0. The van der Waals surface area contributed by atoms with Crippen molar-refractivity contribution in [2.75, 3.05) is 5.43 Å². The summed E-state index contributed by atoms with van der Waals surface area (Å²) in [5.74, 6) is -1.96. The Labute approximate surface area is 153 Å². The number of hydrogen-bond acceptors (Lipinski definition) is 6. The molecule has 0 aliphatic carbocycles. The second kappa shape index (κ2) is 7.33. The summed E-state index contributed by atoms with van der Waals surface area (Å²) in [6.07, 6.45) is 0. The number of carboxylic acid groups (broad SMARTS) is 1. The van der Waals surface area contributed by atoms with Crippen molar-refractivity contribution in [2.24, 2.45) is 10.8 Å². The van der Waals surface area contributed by atoms with Crippen LogP contribution in [0.15, 0.2) is 59.7 Å². The fourth-order valence-electron chi connectivity index (χ4n) is 2.47. The van der Waals surface area contributed by atoms with E-state index in [4.69, 9.17) is 11.0 Å². The number of nitrogens with one attached hydrogen (secondary N) is 1. The van der Waals surface area contributed by atoms with E-state index in [2.05, 4.69) is 15.5 Å². The predicted molar refractivity (Wildman–Crippen MR) is 100 cm³/mol. The van der Waals surface area contributed by atoms with Gasteiger partial charge < -0.3 is 10.8 Å². The third-order valence-electron chi connectivity index (χ3n) is 3.76. The number of amides is 1. The van der Waals surface area contributed by atoms with Gasteiger partial charge in [0.2, 0.25) is 5.71 Å². The van der Waals surface area contributed by atoms with Crippen LogP contribution in [0.3, 0.4) is 0 Å². The van der Waals surface area contributed by atoms with E-state index in [-0.39, 0.29) is 5.56 Å². The third-order valence-corrected chi connectivity index (χ3v) is 3.76. The number of nitriles is 1. The van der Waals surface area contributed by atoms with Crippen LogP contribution >= 0.6 is 0 Å². The molecule has 0 atom stereocenters. The molecule has 1 heterocycles. The van der Waals surface area contributed by atoms with Gasteiger partial charge in [-0.3, -0.25) is 10.2 Å². The quantitative estimate of drug-likeness (QED) is 0.472. The van der Waals surface area contributed by atoms with E-state index >= 15 is 0 Å². The Morgan fingerprint density at radius 2 is 1.85 bits per heavy atom. The van der Waals surface area contributed by atoms with Gasteiger partial charge in [0.15, 0.2) is 0 Å². The summed E-state index contributed by atoms with van der Waals surface area (Å²) in [5.41, 5.74) is 9.61.